The normalized spacial score (nSPS) is 11.3. The molecule has 0 unspecified atom stereocenters. The first-order chi connectivity index (χ1) is 12.6. The van der Waals surface area contributed by atoms with Crippen LogP contribution in [0.15, 0.2) is 48.7 Å². The molecule has 3 heteroatoms. The molecule has 0 bridgehead atoms. The molecule has 0 spiro atoms. The van der Waals surface area contributed by atoms with Crippen molar-refractivity contribution >= 4 is 0 Å². The summed E-state index contributed by atoms with van der Waals surface area (Å²) in [4.78, 5) is 0. The summed E-state index contributed by atoms with van der Waals surface area (Å²) in [6.45, 7) is 8.64. The van der Waals surface area contributed by atoms with Gasteiger partial charge in [0.15, 0.2) is 0 Å². The van der Waals surface area contributed by atoms with Crippen molar-refractivity contribution in [2.24, 2.45) is 0 Å². The van der Waals surface area contributed by atoms with Gasteiger partial charge in [0.1, 0.15) is 0 Å². The zero-order chi connectivity index (χ0) is 18.7. The molecular weight excluding hydrogens is 320 g/mol. The average molecular weight is 348 g/mol. The Bertz CT molecular complexity index is 891. The van der Waals surface area contributed by atoms with E-state index < -0.39 is 0 Å². The zero-order valence-electron chi connectivity index (χ0n) is 16.2. The van der Waals surface area contributed by atoms with Gasteiger partial charge >= 0.3 is 0 Å². The maximum absolute atomic E-state index is 9.42. The van der Waals surface area contributed by atoms with E-state index in [0.29, 0.717) is 5.92 Å². The second-order valence-corrected chi connectivity index (χ2v) is 6.99. The van der Waals surface area contributed by atoms with Crippen LogP contribution in [0.4, 0.5) is 0 Å². The van der Waals surface area contributed by atoms with E-state index in [4.69, 9.17) is 0 Å². The van der Waals surface area contributed by atoms with Crippen LogP contribution in [0.3, 0.4) is 0 Å². The van der Waals surface area contributed by atoms with Crippen LogP contribution in [-0.4, -0.2) is 14.9 Å². The monoisotopic (exact) mass is 348 g/mol. The molecule has 2 aromatic carbocycles. The van der Waals surface area contributed by atoms with Crippen molar-refractivity contribution in [3.05, 3.63) is 71.0 Å². The molecule has 0 aliphatic heterocycles. The van der Waals surface area contributed by atoms with Crippen LogP contribution < -0.4 is 0 Å². The van der Waals surface area contributed by atoms with Gasteiger partial charge in [-0.05, 0) is 72.6 Å². The Morgan fingerprint density at radius 2 is 1.65 bits per heavy atom. The number of aromatic nitrogens is 2. The summed E-state index contributed by atoms with van der Waals surface area (Å²) in [6.07, 6.45) is 4.28. The van der Waals surface area contributed by atoms with Gasteiger partial charge in [-0.15, -0.1) is 0 Å². The Balaban J connectivity index is 2.13. The van der Waals surface area contributed by atoms with Gasteiger partial charge in [0.05, 0.1) is 18.0 Å². The van der Waals surface area contributed by atoms with E-state index in [1.165, 1.54) is 16.7 Å². The summed E-state index contributed by atoms with van der Waals surface area (Å²) in [5.74, 6) is 0.530. The van der Waals surface area contributed by atoms with Crippen molar-refractivity contribution < 1.29 is 5.11 Å². The predicted molar refractivity (Wildman–Crippen MR) is 108 cm³/mol. The topological polar surface area (TPSA) is 38.0 Å². The van der Waals surface area contributed by atoms with Crippen molar-refractivity contribution in [3.63, 3.8) is 0 Å². The lowest BCUT2D eigenvalue weighted by Gasteiger charge is -2.19. The molecule has 0 amide bonds. The Labute approximate surface area is 156 Å². The first-order valence-corrected chi connectivity index (χ1v) is 9.44. The van der Waals surface area contributed by atoms with Gasteiger partial charge in [0.2, 0.25) is 0 Å². The van der Waals surface area contributed by atoms with Gasteiger partial charge in [-0.3, -0.25) is 0 Å². The van der Waals surface area contributed by atoms with E-state index in [1.807, 2.05) is 36.9 Å². The fourth-order valence-corrected chi connectivity index (χ4v) is 3.60. The lowest BCUT2D eigenvalue weighted by molar-refractivity contribution is 0.281. The van der Waals surface area contributed by atoms with Gasteiger partial charge in [0.25, 0.3) is 0 Å². The Morgan fingerprint density at radius 1 is 0.962 bits per heavy atom. The van der Waals surface area contributed by atoms with Crippen molar-refractivity contribution in [2.75, 3.05) is 0 Å². The summed E-state index contributed by atoms with van der Waals surface area (Å²) in [6, 6.07) is 15.0. The van der Waals surface area contributed by atoms with Crippen LogP contribution in [0.25, 0.3) is 16.8 Å². The van der Waals surface area contributed by atoms with Crippen molar-refractivity contribution in [1.82, 2.24) is 9.78 Å². The minimum atomic E-state index is 0.0809. The largest absolute Gasteiger partial charge is 0.392 e. The van der Waals surface area contributed by atoms with Crippen LogP contribution in [0.5, 0.6) is 0 Å². The molecule has 0 aliphatic carbocycles. The van der Waals surface area contributed by atoms with Gasteiger partial charge in [-0.25, -0.2) is 4.68 Å². The molecule has 0 saturated heterocycles. The van der Waals surface area contributed by atoms with Crippen LogP contribution >= 0.6 is 0 Å². The van der Waals surface area contributed by atoms with Crippen LogP contribution in [-0.2, 0) is 6.61 Å². The molecule has 0 atom stereocenters. The number of aliphatic hydroxyl groups excluding tert-OH is 1. The average Bonchev–Trinajstić information content (AvgIpc) is 3.09. The van der Waals surface area contributed by atoms with Crippen LogP contribution in [0, 0.1) is 13.8 Å². The van der Waals surface area contributed by atoms with Crippen LogP contribution in [0.1, 0.15) is 55.0 Å². The van der Waals surface area contributed by atoms with Gasteiger partial charge in [-0.2, -0.15) is 5.10 Å². The number of aryl methyl sites for hydroxylation is 2. The standard InChI is InChI=1S/C23H28N2O/c1-5-18(6-2)22-10-9-20(14-23(22)25-12-11-17(4)24-25)19-7-8-21(15-26)16(3)13-19/h7-14,18,26H,5-6,15H2,1-4H3. The second-order valence-electron chi connectivity index (χ2n) is 6.99. The molecule has 3 aromatic rings. The molecule has 0 fully saturated rings. The molecule has 0 saturated carbocycles. The highest BCUT2D eigenvalue weighted by Gasteiger charge is 2.15. The molecule has 0 aliphatic rings. The Kier molecular flexibility index (Phi) is 5.58. The van der Waals surface area contributed by atoms with E-state index in [9.17, 15) is 5.11 Å². The van der Waals surface area contributed by atoms with Gasteiger partial charge < -0.3 is 5.11 Å². The first-order valence-electron chi connectivity index (χ1n) is 9.44. The smallest absolute Gasteiger partial charge is 0.0686 e. The van der Waals surface area contributed by atoms with Crippen LogP contribution in [0.2, 0.25) is 0 Å². The van der Waals surface area contributed by atoms with E-state index in [2.05, 4.69) is 49.3 Å². The lowest BCUT2D eigenvalue weighted by atomic mass is 9.90. The molecule has 26 heavy (non-hydrogen) atoms. The maximum Gasteiger partial charge on any atom is 0.0686 e. The highest BCUT2D eigenvalue weighted by atomic mass is 16.3. The third-order valence-electron chi connectivity index (χ3n) is 5.27. The SMILES string of the molecule is CCC(CC)c1ccc(-c2ccc(CO)c(C)c2)cc1-n1ccc(C)n1. The first kappa shape index (κ1) is 18.4. The second kappa shape index (κ2) is 7.88. The van der Waals surface area contributed by atoms with Crippen molar-refractivity contribution in [1.29, 1.82) is 0 Å². The number of nitrogens with zero attached hydrogens (tertiary/aromatic N) is 2. The van der Waals surface area contributed by atoms with Gasteiger partial charge in [0, 0.05) is 6.20 Å². The number of hydrogen-bond donors (Lipinski definition) is 1. The van der Waals surface area contributed by atoms with Crippen molar-refractivity contribution in [3.8, 4) is 16.8 Å². The molecule has 1 heterocycles. The van der Waals surface area contributed by atoms with E-state index >= 15 is 0 Å². The van der Waals surface area contributed by atoms with E-state index in [1.54, 1.807) is 0 Å². The van der Waals surface area contributed by atoms with E-state index in [0.717, 1.165) is 35.3 Å². The number of aliphatic hydroxyl groups is 1. The number of rotatable bonds is 6. The highest BCUT2D eigenvalue weighted by Crippen LogP contribution is 2.33. The summed E-state index contributed by atoms with van der Waals surface area (Å²) in [7, 11) is 0. The number of benzene rings is 2. The lowest BCUT2D eigenvalue weighted by Crippen LogP contribution is -2.05. The van der Waals surface area contributed by atoms with Crippen molar-refractivity contribution in [2.45, 2.75) is 53.1 Å². The van der Waals surface area contributed by atoms with Gasteiger partial charge in [-0.1, -0.05) is 44.2 Å². The zero-order valence-corrected chi connectivity index (χ0v) is 16.2. The fraction of sp³-hybridized carbons (Fsp3) is 0.348. The molecule has 136 valence electrons. The third kappa shape index (κ3) is 3.58. The predicted octanol–water partition coefficient (Wildman–Crippen LogP) is 5.55. The van der Waals surface area contributed by atoms with E-state index in [-0.39, 0.29) is 6.61 Å². The Hall–Kier alpha value is -2.39. The molecule has 3 nitrogen and oxygen atoms in total. The maximum atomic E-state index is 9.42. The molecule has 1 N–H and O–H groups in total. The summed E-state index contributed by atoms with van der Waals surface area (Å²) < 4.78 is 2.00. The highest BCUT2D eigenvalue weighted by molar-refractivity contribution is 5.68. The minimum absolute atomic E-state index is 0.0809. The fourth-order valence-electron chi connectivity index (χ4n) is 3.60. The summed E-state index contributed by atoms with van der Waals surface area (Å²) in [5.41, 5.74) is 7.97. The number of hydrogen-bond acceptors (Lipinski definition) is 2. The molecule has 0 radical (unpaired) electrons. The molecular formula is C23H28N2O. The summed E-state index contributed by atoms with van der Waals surface area (Å²) >= 11 is 0. The minimum Gasteiger partial charge on any atom is -0.392 e. The third-order valence-corrected chi connectivity index (χ3v) is 5.27. The summed E-state index contributed by atoms with van der Waals surface area (Å²) in [5, 5.41) is 14.1. The quantitative estimate of drug-likeness (QED) is 0.634. The molecule has 3 rings (SSSR count). The Morgan fingerprint density at radius 3 is 2.23 bits per heavy atom. The molecule has 1 aromatic heterocycles.